The van der Waals surface area contributed by atoms with Crippen LogP contribution in [-0.2, 0) is 10.0 Å². The molecular weight excluding hydrogens is 294 g/mol. The van der Waals surface area contributed by atoms with Gasteiger partial charge in [0.25, 0.3) is 0 Å². The molecule has 92 valence electrons. The summed E-state index contributed by atoms with van der Waals surface area (Å²) in [7, 11) is -3.46. The molecular formula is C9H16BrN3O2S. The van der Waals surface area contributed by atoms with E-state index in [0.29, 0.717) is 17.9 Å². The van der Waals surface area contributed by atoms with E-state index in [9.17, 15) is 8.42 Å². The van der Waals surface area contributed by atoms with Gasteiger partial charge in [0.05, 0.1) is 11.4 Å². The summed E-state index contributed by atoms with van der Waals surface area (Å²) < 4.78 is 26.5. The highest BCUT2D eigenvalue weighted by Gasteiger charge is 2.22. The third-order valence-corrected chi connectivity index (χ3v) is 4.92. The van der Waals surface area contributed by atoms with Gasteiger partial charge in [0.15, 0.2) is 0 Å². The Kier molecular flexibility index (Phi) is 4.52. The van der Waals surface area contributed by atoms with E-state index in [2.05, 4.69) is 30.8 Å². The number of nitrogens with zero attached hydrogens (tertiary/aromatic N) is 1. The lowest BCUT2D eigenvalue weighted by Gasteiger charge is -2.09. The van der Waals surface area contributed by atoms with Crippen LogP contribution < -0.4 is 4.72 Å². The molecule has 1 aromatic heterocycles. The van der Waals surface area contributed by atoms with E-state index in [0.717, 1.165) is 6.42 Å². The van der Waals surface area contributed by atoms with Crippen LogP contribution in [0.3, 0.4) is 0 Å². The van der Waals surface area contributed by atoms with Crippen molar-refractivity contribution in [2.45, 2.75) is 36.9 Å². The summed E-state index contributed by atoms with van der Waals surface area (Å²) in [5.41, 5.74) is 1.06. The zero-order chi connectivity index (χ0) is 12.3. The first-order chi connectivity index (χ1) is 7.38. The van der Waals surface area contributed by atoms with Crippen molar-refractivity contribution in [1.82, 2.24) is 14.9 Å². The second-order valence-corrected chi connectivity index (χ2v) is 6.62. The minimum absolute atomic E-state index is 0.148. The number of sulfonamides is 1. The number of rotatable bonds is 5. The molecule has 1 aromatic rings. The predicted octanol–water partition coefficient (Wildman–Crippen LogP) is 1.48. The van der Waals surface area contributed by atoms with Crippen LogP contribution in [0, 0.1) is 13.8 Å². The topological polar surface area (TPSA) is 74.8 Å². The first-order valence-electron chi connectivity index (χ1n) is 5.03. The summed E-state index contributed by atoms with van der Waals surface area (Å²) in [4.78, 5) is 0.401. The molecule has 0 saturated carbocycles. The third kappa shape index (κ3) is 3.05. The summed E-state index contributed by atoms with van der Waals surface area (Å²) in [5, 5.41) is 6.54. The number of halogens is 1. The number of hydrogen-bond donors (Lipinski definition) is 2. The highest BCUT2D eigenvalue weighted by atomic mass is 79.9. The van der Waals surface area contributed by atoms with Crippen LogP contribution in [0.15, 0.2) is 4.90 Å². The van der Waals surface area contributed by atoms with Crippen molar-refractivity contribution in [3.05, 3.63) is 11.4 Å². The van der Waals surface area contributed by atoms with Crippen LogP contribution in [0.1, 0.15) is 24.7 Å². The van der Waals surface area contributed by atoms with E-state index < -0.39 is 10.0 Å². The number of H-pyrrole nitrogens is 1. The number of hydrogen-bond acceptors (Lipinski definition) is 3. The molecule has 1 heterocycles. The van der Waals surface area contributed by atoms with Gasteiger partial charge >= 0.3 is 0 Å². The van der Waals surface area contributed by atoms with Gasteiger partial charge in [-0.05, 0) is 20.3 Å². The van der Waals surface area contributed by atoms with Crippen molar-refractivity contribution in [2.24, 2.45) is 0 Å². The fourth-order valence-electron chi connectivity index (χ4n) is 1.35. The van der Waals surface area contributed by atoms with Gasteiger partial charge in [-0.25, -0.2) is 13.1 Å². The first-order valence-corrected chi connectivity index (χ1v) is 7.43. The van der Waals surface area contributed by atoms with Gasteiger partial charge in [-0.15, -0.1) is 0 Å². The average Bonchev–Trinajstić information content (AvgIpc) is 2.55. The monoisotopic (exact) mass is 309 g/mol. The minimum Gasteiger partial charge on any atom is -0.281 e. The van der Waals surface area contributed by atoms with Gasteiger partial charge in [-0.3, -0.25) is 5.10 Å². The van der Waals surface area contributed by atoms with Crippen LogP contribution in [0.5, 0.6) is 0 Å². The molecule has 0 amide bonds. The Hall–Kier alpha value is -0.400. The van der Waals surface area contributed by atoms with E-state index >= 15 is 0 Å². The van der Waals surface area contributed by atoms with Crippen LogP contribution in [0.2, 0.25) is 0 Å². The van der Waals surface area contributed by atoms with Crippen molar-refractivity contribution in [2.75, 3.05) is 6.54 Å². The molecule has 0 bridgehead atoms. The van der Waals surface area contributed by atoms with Crippen LogP contribution in [0.25, 0.3) is 0 Å². The average molecular weight is 310 g/mol. The summed E-state index contributed by atoms with van der Waals surface area (Å²) in [6.45, 7) is 5.73. The molecule has 2 N–H and O–H groups in total. The van der Waals surface area contributed by atoms with Crippen molar-refractivity contribution < 1.29 is 8.42 Å². The number of aryl methyl sites for hydroxylation is 2. The van der Waals surface area contributed by atoms with Gasteiger partial charge in [0.1, 0.15) is 4.90 Å². The molecule has 16 heavy (non-hydrogen) atoms. The quantitative estimate of drug-likeness (QED) is 0.809. The molecule has 0 aliphatic rings. The van der Waals surface area contributed by atoms with E-state index in [4.69, 9.17) is 0 Å². The van der Waals surface area contributed by atoms with E-state index in [1.165, 1.54) is 0 Å². The van der Waals surface area contributed by atoms with Gasteiger partial charge < -0.3 is 0 Å². The zero-order valence-electron chi connectivity index (χ0n) is 9.54. The number of alkyl halides is 1. The van der Waals surface area contributed by atoms with Gasteiger partial charge in [-0.1, -0.05) is 22.9 Å². The Balaban J connectivity index is 2.87. The molecule has 1 unspecified atom stereocenters. The van der Waals surface area contributed by atoms with Crippen LogP contribution in [0.4, 0.5) is 0 Å². The number of nitrogens with one attached hydrogen (secondary N) is 2. The number of aromatic nitrogens is 2. The molecule has 0 radical (unpaired) electrons. The van der Waals surface area contributed by atoms with Crippen molar-refractivity contribution in [1.29, 1.82) is 0 Å². The Morgan fingerprint density at radius 3 is 2.56 bits per heavy atom. The summed E-state index contributed by atoms with van der Waals surface area (Å²) in [6, 6.07) is 0. The lowest BCUT2D eigenvalue weighted by atomic mass is 10.3. The molecule has 5 nitrogen and oxygen atoms in total. The van der Waals surface area contributed by atoms with Crippen molar-refractivity contribution in [3.8, 4) is 0 Å². The maximum Gasteiger partial charge on any atom is 0.244 e. The fraction of sp³-hybridized carbons (Fsp3) is 0.667. The first kappa shape index (κ1) is 13.7. The Labute approximate surface area is 104 Å². The molecule has 0 aliphatic carbocycles. The van der Waals surface area contributed by atoms with Crippen molar-refractivity contribution >= 4 is 26.0 Å². The van der Waals surface area contributed by atoms with E-state index in [-0.39, 0.29) is 9.72 Å². The summed E-state index contributed by atoms with van der Waals surface area (Å²) >= 11 is 3.38. The molecule has 1 atom stereocenters. The molecule has 0 aromatic carbocycles. The van der Waals surface area contributed by atoms with Crippen LogP contribution >= 0.6 is 15.9 Å². The van der Waals surface area contributed by atoms with Crippen molar-refractivity contribution in [3.63, 3.8) is 0 Å². The van der Waals surface area contributed by atoms with Gasteiger partial charge in [-0.2, -0.15) is 5.10 Å². The smallest absolute Gasteiger partial charge is 0.244 e. The summed E-state index contributed by atoms with van der Waals surface area (Å²) in [6.07, 6.45) is 0.867. The normalized spacial score (nSPS) is 14.0. The maximum atomic E-state index is 12.0. The highest BCUT2D eigenvalue weighted by molar-refractivity contribution is 9.09. The van der Waals surface area contributed by atoms with Gasteiger partial charge in [0, 0.05) is 11.4 Å². The van der Waals surface area contributed by atoms with Crippen LogP contribution in [-0.4, -0.2) is 30.0 Å². The fourth-order valence-corrected chi connectivity index (χ4v) is 3.18. The predicted molar refractivity (Wildman–Crippen MR) is 66.3 cm³/mol. The Bertz CT molecular complexity index is 436. The minimum atomic E-state index is -3.46. The Morgan fingerprint density at radius 2 is 2.12 bits per heavy atom. The zero-order valence-corrected chi connectivity index (χ0v) is 11.9. The SMILES string of the molecule is CCC(Br)CNS(=O)(=O)c1c(C)n[nH]c1C. The molecule has 0 spiro atoms. The lowest BCUT2D eigenvalue weighted by molar-refractivity contribution is 0.578. The standard InChI is InChI=1S/C9H16BrN3O2S/c1-4-8(10)5-11-16(14,15)9-6(2)12-13-7(9)3/h8,11H,4-5H2,1-3H3,(H,12,13). The highest BCUT2D eigenvalue weighted by Crippen LogP contribution is 2.16. The molecule has 0 aliphatic heterocycles. The largest absolute Gasteiger partial charge is 0.281 e. The number of aromatic amines is 1. The second kappa shape index (κ2) is 5.29. The molecule has 1 rings (SSSR count). The maximum absolute atomic E-state index is 12.0. The molecule has 0 fully saturated rings. The Morgan fingerprint density at radius 1 is 1.50 bits per heavy atom. The second-order valence-electron chi connectivity index (χ2n) is 3.62. The lowest BCUT2D eigenvalue weighted by Crippen LogP contribution is -2.30. The molecule has 0 saturated heterocycles. The van der Waals surface area contributed by atoms with E-state index in [1.54, 1.807) is 13.8 Å². The third-order valence-electron chi connectivity index (χ3n) is 2.27. The van der Waals surface area contributed by atoms with E-state index in [1.807, 2.05) is 6.92 Å². The molecule has 7 heteroatoms. The van der Waals surface area contributed by atoms with Gasteiger partial charge in [0.2, 0.25) is 10.0 Å². The summed E-state index contributed by atoms with van der Waals surface area (Å²) in [5.74, 6) is 0.